The highest BCUT2D eigenvalue weighted by atomic mass is 19.1. The molecule has 1 atom stereocenters. The first-order valence-corrected chi connectivity index (χ1v) is 6.44. The van der Waals surface area contributed by atoms with E-state index in [1.54, 1.807) is 23.1 Å². The number of hydrogen-bond acceptors (Lipinski definition) is 2. The van der Waals surface area contributed by atoms with Crippen molar-refractivity contribution in [3.05, 3.63) is 35.6 Å². The Labute approximate surface area is 111 Å². The number of halogens is 1. The van der Waals surface area contributed by atoms with Gasteiger partial charge < -0.3 is 10.2 Å². The Morgan fingerprint density at radius 1 is 1.37 bits per heavy atom. The van der Waals surface area contributed by atoms with E-state index < -0.39 is 6.04 Å². The van der Waals surface area contributed by atoms with Crippen LogP contribution in [0.5, 0.6) is 0 Å². The summed E-state index contributed by atoms with van der Waals surface area (Å²) in [6.07, 6.45) is 0.983. The summed E-state index contributed by atoms with van der Waals surface area (Å²) in [5.74, 6) is -0.511. The van der Waals surface area contributed by atoms with Crippen molar-refractivity contribution in [2.75, 3.05) is 13.1 Å². The minimum Gasteiger partial charge on any atom is -0.345 e. The number of carbonyl (C=O) groups excluding carboxylic acids is 2. The van der Waals surface area contributed by atoms with Crippen LogP contribution in [0.1, 0.15) is 18.9 Å². The summed E-state index contributed by atoms with van der Waals surface area (Å²) in [5, 5.41) is 2.57. The summed E-state index contributed by atoms with van der Waals surface area (Å²) in [7, 11) is 0. The summed E-state index contributed by atoms with van der Waals surface area (Å²) in [5.41, 5.74) is 0.566. The molecule has 1 heterocycles. The summed E-state index contributed by atoms with van der Waals surface area (Å²) in [6.45, 7) is 2.26. The lowest BCUT2D eigenvalue weighted by molar-refractivity contribution is -0.145. The van der Waals surface area contributed by atoms with Gasteiger partial charge in [0.1, 0.15) is 11.9 Å². The fourth-order valence-electron chi connectivity index (χ4n) is 2.33. The van der Waals surface area contributed by atoms with E-state index in [-0.39, 0.29) is 24.2 Å². The Bertz CT molecular complexity index is 490. The molecule has 0 saturated carbocycles. The molecule has 1 aromatic rings. The van der Waals surface area contributed by atoms with Gasteiger partial charge in [-0.15, -0.1) is 0 Å². The number of amides is 2. The van der Waals surface area contributed by atoms with Crippen LogP contribution < -0.4 is 5.32 Å². The molecule has 2 amide bonds. The molecule has 1 aliphatic rings. The second kappa shape index (κ2) is 5.82. The Kier molecular flexibility index (Phi) is 4.14. The zero-order valence-electron chi connectivity index (χ0n) is 10.9. The van der Waals surface area contributed by atoms with Crippen LogP contribution in [-0.2, 0) is 16.0 Å². The Balaban J connectivity index is 2.06. The smallest absolute Gasteiger partial charge is 0.243 e. The molecule has 0 radical (unpaired) electrons. The van der Waals surface area contributed by atoms with Crippen molar-refractivity contribution in [3.8, 4) is 0 Å². The first-order valence-electron chi connectivity index (χ1n) is 6.44. The Morgan fingerprint density at radius 2 is 2.11 bits per heavy atom. The molecule has 0 aliphatic carbocycles. The molecule has 4 nitrogen and oxygen atoms in total. The second-order valence-corrected chi connectivity index (χ2v) is 4.57. The number of nitrogens with zero attached hydrogens (tertiary/aromatic N) is 1. The van der Waals surface area contributed by atoms with Crippen LogP contribution in [0.15, 0.2) is 24.3 Å². The average Bonchev–Trinajstić information content (AvgIpc) is 2.41. The van der Waals surface area contributed by atoms with Gasteiger partial charge in [0.25, 0.3) is 0 Å². The third-order valence-electron chi connectivity index (χ3n) is 3.38. The molecule has 1 unspecified atom stereocenters. The lowest BCUT2D eigenvalue weighted by atomic mass is 10.1. The van der Waals surface area contributed by atoms with Gasteiger partial charge in [-0.2, -0.15) is 0 Å². The zero-order valence-corrected chi connectivity index (χ0v) is 10.9. The van der Waals surface area contributed by atoms with Gasteiger partial charge in [0.15, 0.2) is 0 Å². The normalized spacial score (nSPS) is 19.5. The van der Waals surface area contributed by atoms with E-state index in [2.05, 4.69) is 5.32 Å². The maximum Gasteiger partial charge on any atom is 0.243 e. The zero-order chi connectivity index (χ0) is 13.8. The molecule has 0 bridgehead atoms. The fourth-order valence-corrected chi connectivity index (χ4v) is 2.33. The van der Waals surface area contributed by atoms with Crippen LogP contribution in [0.25, 0.3) is 0 Å². The van der Waals surface area contributed by atoms with Gasteiger partial charge in [0, 0.05) is 6.54 Å². The van der Waals surface area contributed by atoms with E-state index in [9.17, 15) is 14.0 Å². The SMILES string of the molecule is CCC1C(=O)NCC(=O)N1CCc1ccccc1F. The molecule has 0 spiro atoms. The fraction of sp³-hybridized carbons (Fsp3) is 0.429. The summed E-state index contributed by atoms with van der Waals surface area (Å²) >= 11 is 0. The molecular formula is C14H17FN2O2. The van der Waals surface area contributed by atoms with Gasteiger partial charge >= 0.3 is 0 Å². The second-order valence-electron chi connectivity index (χ2n) is 4.57. The molecule has 1 aliphatic heterocycles. The van der Waals surface area contributed by atoms with E-state index in [1.165, 1.54) is 6.07 Å². The van der Waals surface area contributed by atoms with Gasteiger partial charge in [-0.3, -0.25) is 9.59 Å². The molecule has 1 fully saturated rings. The molecule has 1 saturated heterocycles. The van der Waals surface area contributed by atoms with Gasteiger partial charge in [-0.1, -0.05) is 25.1 Å². The molecule has 102 valence electrons. The van der Waals surface area contributed by atoms with Crippen molar-refractivity contribution in [2.45, 2.75) is 25.8 Å². The Hall–Kier alpha value is -1.91. The molecule has 1 N–H and O–H groups in total. The lowest BCUT2D eigenvalue weighted by Gasteiger charge is -2.34. The van der Waals surface area contributed by atoms with Crippen LogP contribution in [0.3, 0.4) is 0 Å². The quantitative estimate of drug-likeness (QED) is 0.885. The van der Waals surface area contributed by atoms with Crippen molar-refractivity contribution in [3.63, 3.8) is 0 Å². The van der Waals surface area contributed by atoms with Crippen LogP contribution in [0.2, 0.25) is 0 Å². The molecule has 5 heteroatoms. The van der Waals surface area contributed by atoms with Crippen LogP contribution in [0.4, 0.5) is 4.39 Å². The highest BCUT2D eigenvalue weighted by Crippen LogP contribution is 2.13. The monoisotopic (exact) mass is 264 g/mol. The van der Waals surface area contributed by atoms with Crippen LogP contribution in [-0.4, -0.2) is 35.8 Å². The van der Waals surface area contributed by atoms with Crippen molar-refractivity contribution < 1.29 is 14.0 Å². The number of nitrogens with one attached hydrogen (secondary N) is 1. The van der Waals surface area contributed by atoms with Gasteiger partial charge in [0.2, 0.25) is 11.8 Å². The lowest BCUT2D eigenvalue weighted by Crippen LogP contribution is -2.58. The van der Waals surface area contributed by atoms with Gasteiger partial charge in [0.05, 0.1) is 6.54 Å². The van der Waals surface area contributed by atoms with Crippen molar-refractivity contribution in [2.24, 2.45) is 0 Å². The molecule has 0 aromatic heterocycles. The van der Waals surface area contributed by atoms with Crippen LogP contribution >= 0.6 is 0 Å². The maximum atomic E-state index is 13.5. The number of benzene rings is 1. The third kappa shape index (κ3) is 2.92. The topological polar surface area (TPSA) is 49.4 Å². The summed E-state index contributed by atoms with van der Waals surface area (Å²) < 4.78 is 13.5. The third-order valence-corrected chi connectivity index (χ3v) is 3.38. The number of piperazine rings is 1. The molecule has 2 rings (SSSR count). The average molecular weight is 264 g/mol. The summed E-state index contributed by atoms with van der Waals surface area (Å²) in [6, 6.07) is 6.06. The highest BCUT2D eigenvalue weighted by molar-refractivity contribution is 5.94. The van der Waals surface area contributed by atoms with E-state index in [0.29, 0.717) is 24.9 Å². The summed E-state index contributed by atoms with van der Waals surface area (Å²) in [4.78, 5) is 25.1. The van der Waals surface area contributed by atoms with E-state index in [0.717, 1.165) is 0 Å². The number of carbonyl (C=O) groups is 2. The number of hydrogen-bond donors (Lipinski definition) is 1. The van der Waals surface area contributed by atoms with E-state index in [4.69, 9.17) is 0 Å². The largest absolute Gasteiger partial charge is 0.345 e. The minimum absolute atomic E-state index is 0.0343. The van der Waals surface area contributed by atoms with Crippen molar-refractivity contribution in [1.82, 2.24) is 10.2 Å². The first-order chi connectivity index (χ1) is 9.13. The van der Waals surface area contributed by atoms with Crippen molar-refractivity contribution >= 4 is 11.8 Å². The van der Waals surface area contributed by atoms with Crippen LogP contribution in [0, 0.1) is 5.82 Å². The molecular weight excluding hydrogens is 247 g/mol. The van der Waals surface area contributed by atoms with Gasteiger partial charge in [-0.25, -0.2) is 4.39 Å². The predicted molar refractivity (Wildman–Crippen MR) is 68.9 cm³/mol. The first kappa shape index (κ1) is 13.5. The minimum atomic E-state index is -0.437. The standard InChI is InChI=1S/C14H17FN2O2/c1-2-12-14(19)16-9-13(18)17(12)8-7-10-5-3-4-6-11(10)15/h3-6,12H,2,7-9H2,1H3,(H,16,19). The molecule has 1 aromatic carbocycles. The maximum absolute atomic E-state index is 13.5. The number of rotatable bonds is 4. The van der Waals surface area contributed by atoms with E-state index in [1.807, 2.05) is 6.92 Å². The van der Waals surface area contributed by atoms with Gasteiger partial charge in [-0.05, 0) is 24.5 Å². The Morgan fingerprint density at radius 3 is 2.79 bits per heavy atom. The van der Waals surface area contributed by atoms with E-state index >= 15 is 0 Å². The predicted octanol–water partition coefficient (Wildman–Crippen LogP) is 1.11. The van der Waals surface area contributed by atoms with Crippen molar-refractivity contribution in [1.29, 1.82) is 0 Å². The highest BCUT2D eigenvalue weighted by Gasteiger charge is 2.32. The molecule has 19 heavy (non-hydrogen) atoms.